The monoisotopic (exact) mass is 600 g/mol. The Morgan fingerprint density at radius 2 is 1.68 bits per heavy atom. The van der Waals surface area contributed by atoms with E-state index in [-0.39, 0.29) is 31.8 Å². The molecule has 12 nitrogen and oxygen atoms in total. The molecule has 12 heteroatoms. The minimum atomic E-state index is -1.48. The van der Waals surface area contributed by atoms with Crippen LogP contribution in [0, 0.1) is 0 Å². The SMILES string of the molecule is COc1ccc(C(=O)NCC2=CC[C@H](NC(=O)c3ccc4ccccc4c3)C(=O)N(CC(=O)N[C@H]3CC(=O)OC3O)C2)cc1. The number of hydrogen-bond donors (Lipinski definition) is 4. The van der Waals surface area contributed by atoms with E-state index in [2.05, 4.69) is 20.7 Å². The molecule has 0 aliphatic carbocycles. The first kappa shape index (κ1) is 30.2. The van der Waals surface area contributed by atoms with Crippen LogP contribution >= 0.6 is 0 Å². The van der Waals surface area contributed by atoms with Crippen LogP contribution in [0.2, 0.25) is 0 Å². The van der Waals surface area contributed by atoms with Crippen LogP contribution in [0.15, 0.2) is 78.4 Å². The molecule has 3 atom stereocenters. The summed E-state index contributed by atoms with van der Waals surface area (Å²) in [5, 5.41) is 19.9. The van der Waals surface area contributed by atoms with Gasteiger partial charge in [0.1, 0.15) is 17.8 Å². The summed E-state index contributed by atoms with van der Waals surface area (Å²) in [6.45, 7) is -0.326. The number of benzene rings is 3. The molecule has 4 amide bonds. The number of cyclic esters (lactones) is 1. The van der Waals surface area contributed by atoms with Gasteiger partial charge in [-0.15, -0.1) is 0 Å². The van der Waals surface area contributed by atoms with Crippen molar-refractivity contribution in [2.75, 3.05) is 26.7 Å². The van der Waals surface area contributed by atoms with Gasteiger partial charge in [0.05, 0.1) is 20.1 Å². The number of ether oxygens (including phenoxy) is 2. The molecule has 3 aromatic carbocycles. The molecular weight excluding hydrogens is 568 g/mol. The first-order valence-electron chi connectivity index (χ1n) is 14.1. The Morgan fingerprint density at radius 3 is 2.39 bits per heavy atom. The lowest BCUT2D eigenvalue weighted by Gasteiger charge is -2.26. The molecule has 1 fully saturated rings. The molecule has 44 heavy (non-hydrogen) atoms. The Bertz CT molecular complexity index is 1620. The molecule has 3 aromatic rings. The number of methoxy groups -OCH3 is 1. The van der Waals surface area contributed by atoms with Crippen molar-refractivity contribution in [3.63, 3.8) is 0 Å². The average molecular weight is 601 g/mol. The van der Waals surface area contributed by atoms with E-state index < -0.39 is 48.6 Å². The Morgan fingerprint density at radius 1 is 0.955 bits per heavy atom. The van der Waals surface area contributed by atoms with E-state index >= 15 is 0 Å². The van der Waals surface area contributed by atoms with E-state index in [1.54, 1.807) is 42.5 Å². The van der Waals surface area contributed by atoms with Crippen LogP contribution in [0.1, 0.15) is 33.6 Å². The molecule has 228 valence electrons. The highest BCUT2D eigenvalue weighted by Gasteiger charge is 2.36. The van der Waals surface area contributed by atoms with Gasteiger partial charge in [0.25, 0.3) is 11.8 Å². The van der Waals surface area contributed by atoms with Crippen LogP contribution in [-0.4, -0.2) is 84.7 Å². The molecule has 2 aliphatic heterocycles. The highest BCUT2D eigenvalue weighted by Crippen LogP contribution is 2.18. The third-order valence-electron chi connectivity index (χ3n) is 7.45. The van der Waals surface area contributed by atoms with Gasteiger partial charge in [-0.2, -0.15) is 0 Å². The molecule has 0 spiro atoms. The molecule has 0 saturated carbocycles. The second kappa shape index (κ2) is 13.4. The van der Waals surface area contributed by atoms with Crippen molar-refractivity contribution in [2.45, 2.75) is 31.2 Å². The third kappa shape index (κ3) is 7.21. The largest absolute Gasteiger partial charge is 0.497 e. The highest BCUT2D eigenvalue weighted by molar-refractivity contribution is 6.01. The number of nitrogens with one attached hydrogen (secondary N) is 3. The maximum absolute atomic E-state index is 13.6. The predicted octanol–water partition coefficient (Wildman–Crippen LogP) is 1.29. The van der Waals surface area contributed by atoms with E-state index in [0.717, 1.165) is 10.8 Å². The maximum Gasteiger partial charge on any atom is 0.310 e. The fourth-order valence-corrected chi connectivity index (χ4v) is 5.08. The van der Waals surface area contributed by atoms with Crippen LogP contribution in [0.3, 0.4) is 0 Å². The standard InChI is InChI=1S/C32H32N4O8/c1-43-24-11-9-21(10-12-24)29(39)33-16-19-6-13-25(35-30(40)23-8-7-20-4-2-3-5-22(20)14-23)31(41)36(17-19)18-27(37)34-26-15-28(38)44-32(26)42/h2-12,14,25-26,32,42H,13,15-18H2,1H3,(H,33,39)(H,34,37)(H,35,40)/t25-,26-,32?/m0/s1. The molecule has 5 rings (SSSR count). The zero-order chi connectivity index (χ0) is 31.2. The molecular formula is C32H32N4O8. The number of aliphatic hydroxyl groups is 1. The molecule has 2 aliphatic rings. The summed E-state index contributed by atoms with van der Waals surface area (Å²) in [7, 11) is 1.53. The summed E-state index contributed by atoms with van der Waals surface area (Å²) in [4.78, 5) is 65.3. The second-order valence-electron chi connectivity index (χ2n) is 10.6. The number of amides is 4. The van der Waals surface area contributed by atoms with Crippen LogP contribution in [0.5, 0.6) is 5.75 Å². The number of rotatable bonds is 9. The fourth-order valence-electron chi connectivity index (χ4n) is 5.08. The summed E-state index contributed by atoms with van der Waals surface area (Å²) in [5.41, 5.74) is 1.44. The molecule has 2 heterocycles. The van der Waals surface area contributed by atoms with Crippen LogP contribution in [0.4, 0.5) is 0 Å². The van der Waals surface area contributed by atoms with E-state index in [4.69, 9.17) is 4.74 Å². The first-order valence-corrected chi connectivity index (χ1v) is 14.1. The van der Waals surface area contributed by atoms with Gasteiger partial charge in [-0.1, -0.05) is 36.4 Å². The summed E-state index contributed by atoms with van der Waals surface area (Å²) in [5.74, 6) is -1.95. The maximum atomic E-state index is 13.6. The first-order chi connectivity index (χ1) is 21.2. The summed E-state index contributed by atoms with van der Waals surface area (Å²) >= 11 is 0. The zero-order valence-corrected chi connectivity index (χ0v) is 23.9. The van der Waals surface area contributed by atoms with Crippen molar-refractivity contribution in [3.05, 3.63) is 89.5 Å². The quantitative estimate of drug-likeness (QED) is 0.211. The highest BCUT2D eigenvalue weighted by atomic mass is 16.6. The van der Waals surface area contributed by atoms with Gasteiger partial charge in [-0.3, -0.25) is 24.0 Å². The average Bonchev–Trinajstić information content (AvgIpc) is 3.27. The summed E-state index contributed by atoms with van der Waals surface area (Å²) < 4.78 is 9.80. The van der Waals surface area contributed by atoms with Gasteiger partial charge in [0.2, 0.25) is 18.1 Å². The van der Waals surface area contributed by atoms with Crippen LogP contribution < -0.4 is 20.7 Å². The van der Waals surface area contributed by atoms with Gasteiger partial charge < -0.3 is 35.4 Å². The van der Waals surface area contributed by atoms with E-state index in [1.165, 1.54) is 12.0 Å². The fraction of sp³-hybridized carbons (Fsp3) is 0.281. The lowest BCUT2D eigenvalue weighted by atomic mass is 10.1. The number of carbonyl (C=O) groups excluding carboxylic acids is 5. The second-order valence-corrected chi connectivity index (χ2v) is 10.6. The zero-order valence-electron chi connectivity index (χ0n) is 23.9. The normalized spacial score (nSPS) is 19.9. The van der Waals surface area contributed by atoms with Crippen LogP contribution in [-0.2, 0) is 19.1 Å². The van der Waals surface area contributed by atoms with Gasteiger partial charge in [0, 0.05) is 24.2 Å². The van der Waals surface area contributed by atoms with Crippen molar-refractivity contribution >= 4 is 40.4 Å². The Kier molecular flexibility index (Phi) is 9.20. The van der Waals surface area contributed by atoms with Crippen molar-refractivity contribution in [2.24, 2.45) is 0 Å². The van der Waals surface area contributed by atoms with Crippen molar-refractivity contribution in [3.8, 4) is 5.75 Å². The smallest absolute Gasteiger partial charge is 0.310 e. The summed E-state index contributed by atoms with van der Waals surface area (Å²) in [6.07, 6.45) is 0.216. The van der Waals surface area contributed by atoms with Crippen molar-refractivity contribution in [1.82, 2.24) is 20.9 Å². The molecule has 0 radical (unpaired) electrons. The minimum absolute atomic E-state index is 0.000141. The molecule has 0 aromatic heterocycles. The number of aliphatic hydroxyl groups excluding tert-OH is 1. The molecule has 4 N–H and O–H groups in total. The topological polar surface area (TPSA) is 163 Å². The Hall–Kier alpha value is -5.23. The van der Waals surface area contributed by atoms with Gasteiger partial charge in [-0.05, 0) is 59.2 Å². The lowest BCUT2D eigenvalue weighted by molar-refractivity contribution is -0.155. The van der Waals surface area contributed by atoms with Gasteiger partial charge in [0.15, 0.2) is 0 Å². The minimum Gasteiger partial charge on any atom is -0.497 e. The number of carbonyl (C=O) groups is 5. The lowest BCUT2D eigenvalue weighted by Crippen LogP contribution is -2.52. The van der Waals surface area contributed by atoms with E-state index in [1.807, 2.05) is 30.3 Å². The van der Waals surface area contributed by atoms with Gasteiger partial charge >= 0.3 is 5.97 Å². The van der Waals surface area contributed by atoms with Gasteiger partial charge in [-0.25, -0.2) is 0 Å². The number of esters is 1. The summed E-state index contributed by atoms with van der Waals surface area (Å²) in [6, 6.07) is 17.5. The number of hydrogen-bond acceptors (Lipinski definition) is 8. The van der Waals surface area contributed by atoms with E-state index in [9.17, 15) is 29.1 Å². The number of fused-ring (bicyclic) bond motifs is 1. The Balaban J connectivity index is 1.30. The molecule has 1 unspecified atom stereocenters. The third-order valence-corrected chi connectivity index (χ3v) is 7.45. The number of nitrogens with zero attached hydrogens (tertiary/aromatic N) is 1. The predicted molar refractivity (Wildman–Crippen MR) is 158 cm³/mol. The Labute approximate surface area is 253 Å². The van der Waals surface area contributed by atoms with Crippen molar-refractivity contribution < 1.29 is 38.6 Å². The van der Waals surface area contributed by atoms with Crippen molar-refractivity contribution in [1.29, 1.82) is 0 Å². The van der Waals surface area contributed by atoms with Crippen LogP contribution in [0.25, 0.3) is 10.8 Å². The molecule has 0 bridgehead atoms. The van der Waals surface area contributed by atoms with E-state index in [0.29, 0.717) is 22.4 Å². The molecule has 1 saturated heterocycles.